The molecule has 3 aromatic rings. The Morgan fingerprint density at radius 1 is 1.17 bits per heavy atom. The number of carbonyl (C=O) groups is 1. The Morgan fingerprint density at radius 2 is 1.86 bits per heavy atom. The van der Waals surface area contributed by atoms with E-state index in [1.807, 2.05) is 0 Å². The van der Waals surface area contributed by atoms with Crippen LogP contribution in [0.25, 0.3) is 0 Å². The van der Waals surface area contributed by atoms with Crippen molar-refractivity contribution < 1.29 is 32.2 Å². The Balaban J connectivity index is 1.56. The predicted octanol–water partition coefficient (Wildman–Crippen LogP) is 4.52. The molecular weight excluding hydrogens is 480 g/mol. The van der Waals surface area contributed by atoms with Gasteiger partial charge in [-0.25, -0.2) is 9.07 Å². The van der Waals surface area contributed by atoms with E-state index < -0.39 is 36.7 Å². The maximum Gasteiger partial charge on any atom is 0.416 e. The lowest BCUT2D eigenvalue weighted by atomic mass is 10.0. The molecule has 2 unspecified atom stereocenters. The molecule has 0 fully saturated rings. The summed E-state index contributed by atoms with van der Waals surface area (Å²) < 4.78 is 59.6. The SMILES string of the molecule is COC(O)c1ccc(C(C)NC(=O)c2c(CF)nn3c2N(Cc2cccc(C(F)(F)F)c2)CC3)cc1. The van der Waals surface area contributed by atoms with Gasteiger partial charge in [-0.2, -0.15) is 18.3 Å². The van der Waals surface area contributed by atoms with Gasteiger partial charge in [-0.15, -0.1) is 0 Å². The molecule has 7 nitrogen and oxygen atoms in total. The van der Waals surface area contributed by atoms with Crippen LogP contribution in [0.15, 0.2) is 48.5 Å². The van der Waals surface area contributed by atoms with Crippen molar-refractivity contribution >= 4 is 11.7 Å². The summed E-state index contributed by atoms with van der Waals surface area (Å²) in [5.74, 6) is -0.156. The number of rotatable bonds is 8. The standard InChI is InChI=1S/C25H26F4N4O3/c1-15(17-6-8-18(9-7-17)24(35)36-2)30-22(34)21-20(13-26)31-33-11-10-32(23(21)33)14-16-4-3-5-19(12-16)25(27,28)29/h3-9,12,15,24,35H,10-11,13-14H2,1-2H3,(H,30,34). The summed E-state index contributed by atoms with van der Waals surface area (Å²) in [7, 11) is 1.38. The minimum Gasteiger partial charge on any atom is -0.364 e. The zero-order chi connectivity index (χ0) is 26.0. The van der Waals surface area contributed by atoms with Gasteiger partial charge >= 0.3 is 6.18 Å². The van der Waals surface area contributed by atoms with Gasteiger partial charge in [0.2, 0.25) is 0 Å². The largest absolute Gasteiger partial charge is 0.416 e. The number of anilines is 1. The number of nitrogens with zero attached hydrogens (tertiary/aromatic N) is 3. The van der Waals surface area contributed by atoms with E-state index in [0.29, 0.717) is 30.0 Å². The molecule has 11 heteroatoms. The quantitative estimate of drug-likeness (QED) is 0.347. The summed E-state index contributed by atoms with van der Waals surface area (Å²) >= 11 is 0. The Hall–Kier alpha value is -3.44. The van der Waals surface area contributed by atoms with Crippen LogP contribution >= 0.6 is 0 Å². The molecule has 0 aliphatic carbocycles. The molecule has 2 atom stereocenters. The number of hydrogen-bond acceptors (Lipinski definition) is 5. The molecule has 1 aliphatic rings. The molecule has 0 saturated carbocycles. The van der Waals surface area contributed by atoms with Crippen LogP contribution in [-0.4, -0.2) is 34.4 Å². The fourth-order valence-corrected chi connectivity index (χ4v) is 4.28. The minimum atomic E-state index is -4.47. The van der Waals surface area contributed by atoms with E-state index in [1.54, 1.807) is 42.2 Å². The van der Waals surface area contributed by atoms with Crippen molar-refractivity contribution in [1.29, 1.82) is 0 Å². The van der Waals surface area contributed by atoms with Crippen LogP contribution in [0, 0.1) is 0 Å². The third kappa shape index (κ3) is 5.21. The predicted molar refractivity (Wildman–Crippen MR) is 124 cm³/mol. The molecule has 36 heavy (non-hydrogen) atoms. The first-order chi connectivity index (χ1) is 17.1. The van der Waals surface area contributed by atoms with Gasteiger partial charge in [-0.3, -0.25) is 4.79 Å². The van der Waals surface area contributed by atoms with Gasteiger partial charge in [0, 0.05) is 25.8 Å². The third-order valence-electron chi connectivity index (χ3n) is 6.15. The van der Waals surface area contributed by atoms with Crippen molar-refractivity contribution in [3.05, 3.63) is 82.0 Å². The summed E-state index contributed by atoms with van der Waals surface area (Å²) in [6, 6.07) is 11.4. The Labute approximate surface area is 205 Å². The molecule has 0 spiro atoms. The van der Waals surface area contributed by atoms with E-state index in [-0.39, 0.29) is 17.8 Å². The van der Waals surface area contributed by atoms with Crippen LogP contribution in [0.5, 0.6) is 0 Å². The number of aliphatic hydroxyl groups excluding tert-OH is 1. The summed E-state index contributed by atoms with van der Waals surface area (Å²) in [6.45, 7) is 1.72. The van der Waals surface area contributed by atoms with Crippen molar-refractivity contribution in [2.45, 2.75) is 45.2 Å². The van der Waals surface area contributed by atoms with E-state index >= 15 is 0 Å². The number of hydrogen-bond donors (Lipinski definition) is 2. The zero-order valence-corrected chi connectivity index (χ0v) is 19.7. The van der Waals surface area contributed by atoms with E-state index in [0.717, 1.165) is 17.7 Å². The normalized spacial score (nSPS) is 15.0. The zero-order valence-electron chi connectivity index (χ0n) is 19.7. The number of methoxy groups -OCH3 is 1. The van der Waals surface area contributed by atoms with Crippen molar-refractivity contribution in [3.8, 4) is 0 Å². The number of alkyl halides is 4. The Kier molecular flexibility index (Phi) is 7.32. The van der Waals surface area contributed by atoms with Crippen LogP contribution in [-0.2, 0) is 30.7 Å². The fraction of sp³-hybridized carbons (Fsp3) is 0.360. The highest BCUT2D eigenvalue weighted by molar-refractivity contribution is 6.00. The molecule has 192 valence electrons. The van der Waals surface area contributed by atoms with Crippen molar-refractivity contribution in [2.75, 3.05) is 18.6 Å². The van der Waals surface area contributed by atoms with E-state index in [2.05, 4.69) is 10.4 Å². The van der Waals surface area contributed by atoms with Gasteiger partial charge in [0.25, 0.3) is 5.91 Å². The second-order valence-corrected chi connectivity index (χ2v) is 8.57. The number of amides is 1. The molecule has 2 aromatic carbocycles. The van der Waals surface area contributed by atoms with E-state index in [4.69, 9.17) is 4.74 Å². The van der Waals surface area contributed by atoms with Gasteiger partial charge < -0.3 is 20.1 Å². The lowest BCUT2D eigenvalue weighted by Crippen LogP contribution is -2.30. The summed E-state index contributed by atoms with van der Waals surface area (Å²) in [5, 5.41) is 16.8. The molecule has 0 radical (unpaired) electrons. The third-order valence-corrected chi connectivity index (χ3v) is 6.15. The van der Waals surface area contributed by atoms with Gasteiger partial charge in [-0.05, 0) is 30.2 Å². The monoisotopic (exact) mass is 506 g/mol. The molecule has 1 amide bonds. The first-order valence-corrected chi connectivity index (χ1v) is 11.3. The molecule has 1 aromatic heterocycles. The molecule has 0 bridgehead atoms. The van der Waals surface area contributed by atoms with Crippen molar-refractivity contribution in [1.82, 2.24) is 15.1 Å². The van der Waals surface area contributed by atoms with Crippen molar-refractivity contribution in [2.24, 2.45) is 0 Å². The van der Waals surface area contributed by atoms with Crippen molar-refractivity contribution in [3.63, 3.8) is 0 Å². The average Bonchev–Trinajstić information content (AvgIpc) is 3.42. The summed E-state index contributed by atoms with van der Waals surface area (Å²) in [4.78, 5) is 15.0. The van der Waals surface area contributed by atoms with Crippen LogP contribution < -0.4 is 10.2 Å². The number of carbonyl (C=O) groups excluding carboxylic acids is 1. The summed E-state index contributed by atoms with van der Waals surface area (Å²) in [6.07, 6.45) is -5.53. The van der Waals surface area contributed by atoms with Crippen LogP contribution in [0.3, 0.4) is 0 Å². The number of fused-ring (bicyclic) bond motifs is 1. The lowest BCUT2D eigenvalue weighted by Gasteiger charge is -2.21. The minimum absolute atomic E-state index is 0.0259. The molecular formula is C25H26F4N4O3. The van der Waals surface area contributed by atoms with Gasteiger partial charge in [0.15, 0.2) is 6.29 Å². The number of aromatic nitrogens is 2. The van der Waals surface area contributed by atoms with Crippen LogP contribution in [0.2, 0.25) is 0 Å². The Morgan fingerprint density at radius 3 is 2.50 bits per heavy atom. The smallest absolute Gasteiger partial charge is 0.364 e. The van der Waals surface area contributed by atoms with Crippen LogP contribution in [0.4, 0.5) is 23.4 Å². The van der Waals surface area contributed by atoms with Crippen LogP contribution in [0.1, 0.15) is 57.6 Å². The number of halogens is 4. The second-order valence-electron chi connectivity index (χ2n) is 8.57. The molecule has 4 rings (SSSR count). The van der Waals surface area contributed by atoms with Gasteiger partial charge in [0.1, 0.15) is 23.7 Å². The highest BCUT2D eigenvalue weighted by atomic mass is 19.4. The fourth-order valence-electron chi connectivity index (χ4n) is 4.28. The first-order valence-electron chi connectivity index (χ1n) is 11.3. The average molecular weight is 507 g/mol. The number of benzene rings is 2. The van der Waals surface area contributed by atoms with Gasteiger partial charge in [0.05, 0.1) is 18.2 Å². The van der Waals surface area contributed by atoms with E-state index in [1.165, 1.54) is 17.9 Å². The maximum atomic E-state index is 13.8. The first kappa shape index (κ1) is 25.6. The maximum absolute atomic E-state index is 13.8. The Bertz CT molecular complexity index is 1230. The number of ether oxygens (including phenoxy) is 1. The number of nitrogens with one attached hydrogen (secondary N) is 1. The lowest BCUT2D eigenvalue weighted by molar-refractivity contribution is -0.137. The van der Waals surface area contributed by atoms with E-state index in [9.17, 15) is 27.5 Å². The second kappa shape index (κ2) is 10.3. The highest BCUT2D eigenvalue weighted by Crippen LogP contribution is 2.33. The molecule has 2 N–H and O–H groups in total. The molecule has 2 heterocycles. The molecule has 0 saturated heterocycles. The number of aliphatic hydroxyl groups is 1. The van der Waals surface area contributed by atoms with Gasteiger partial charge in [-0.1, -0.05) is 36.4 Å². The summed E-state index contributed by atoms with van der Waals surface area (Å²) in [5.41, 5.74) is 1.01. The topological polar surface area (TPSA) is 79.6 Å². The highest BCUT2D eigenvalue weighted by Gasteiger charge is 2.33. The molecule has 1 aliphatic heterocycles.